The lowest BCUT2D eigenvalue weighted by Gasteiger charge is -2.34. The molecule has 0 spiro atoms. The Hall–Kier alpha value is -0.610. The van der Waals surface area contributed by atoms with E-state index in [1.807, 2.05) is 0 Å². The molecular weight excluding hydrogens is 399 g/mol. The summed E-state index contributed by atoms with van der Waals surface area (Å²) < 4.78 is 102. The van der Waals surface area contributed by atoms with Gasteiger partial charge in [-0.2, -0.15) is 22.0 Å². The molecule has 0 aliphatic rings. The van der Waals surface area contributed by atoms with Crippen LogP contribution in [0.4, 0.5) is 35.1 Å². The zero-order chi connectivity index (χ0) is 15.1. The normalized spacial score (nSPS) is 16.5. The maximum atomic E-state index is 14.0. The van der Waals surface area contributed by atoms with E-state index in [2.05, 4.69) is 0 Å². The third-order valence-electron chi connectivity index (χ3n) is 2.38. The molecule has 19 heavy (non-hydrogen) atoms. The van der Waals surface area contributed by atoms with Crippen LogP contribution in [0.25, 0.3) is 0 Å². The largest absolute Gasteiger partial charge is 0.457 e. The lowest BCUT2D eigenvalue weighted by molar-refractivity contribution is -0.349. The van der Waals surface area contributed by atoms with Crippen LogP contribution in [0.15, 0.2) is 24.3 Å². The summed E-state index contributed by atoms with van der Waals surface area (Å²) >= 11 is 1.21. The van der Waals surface area contributed by atoms with E-state index < -0.39 is 33.3 Å². The molecule has 1 atom stereocenters. The Kier molecular flexibility index (Phi) is 4.38. The van der Waals surface area contributed by atoms with Crippen molar-refractivity contribution in [1.29, 1.82) is 0 Å². The second kappa shape index (κ2) is 5.06. The third-order valence-corrected chi connectivity index (χ3v) is 3.32. The first kappa shape index (κ1) is 16.4. The van der Waals surface area contributed by atoms with Crippen LogP contribution in [-0.2, 0) is 5.67 Å². The van der Waals surface area contributed by atoms with Crippen LogP contribution >= 0.6 is 22.6 Å². The average molecular weight is 404 g/mol. The number of hydrogen-bond donors (Lipinski definition) is 0. The van der Waals surface area contributed by atoms with Gasteiger partial charge < -0.3 is 0 Å². The summed E-state index contributed by atoms with van der Waals surface area (Å²) in [7, 11) is 0. The maximum absolute atomic E-state index is 14.0. The van der Waals surface area contributed by atoms with E-state index in [-0.39, 0.29) is 0 Å². The van der Waals surface area contributed by atoms with E-state index in [1.54, 1.807) is 0 Å². The highest BCUT2D eigenvalue weighted by Gasteiger charge is 2.76. The number of hydrogen-bond acceptors (Lipinski definition) is 0. The molecule has 1 aromatic carbocycles. The highest BCUT2D eigenvalue weighted by atomic mass is 127. The number of benzene rings is 1. The molecule has 0 aromatic heterocycles. The Labute approximate surface area is 115 Å². The molecule has 0 fully saturated rings. The summed E-state index contributed by atoms with van der Waals surface area (Å²) in [5.74, 6) is -6.21. The van der Waals surface area contributed by atoms with Crippen LogP contribution in [-0.4, -0.2) is 18.5 Å². The Bertz CT molecular complexity index is 455. The van der Waals surface area contributed by atoms with Crippen molar-refractivity contribution in [3.8, 4) is 0 Å². The van der Waals surface area contributed by atoms with E-state index in [4.69, 9.17) is 0 Å². The first-order valence-electron chi connectivity index (χ1n) is 4.63. The van der Waals surface area contributed by atoms with Crippen molar-refractivity contribution in [2.45, 2.75) is 24.2 Å². The minimum Gasteiger partial charge on any atom is -0.225 e. The minimum absolute atomic E-state index is 0.452. The van der Waals surface area contributed by atoms with Gasteiger partial charge in [0.15, 0.2) is 0 Å². The molecule has 0 heterocycles. The zero-order valence-electron chi connectivity index (χ0n) is 8.79. The number of halogens is 9. The van der Waals surface area contributed by atoms with Gasteiger partial charge in [-0.05, 0) is 28.7 Å². The molecule has 108 valence electrons. The fraction of sp³-hybridized carbons (Fsp3) is 0.400. The first-order chi connectivity index (χ1) is 8.46. The molecule has 0 saturated heterocycles. The van der Waals surface area contributed by atoms with Crippen molar-refractivity contribution < 1.29 is 35.1 Å². The van der Waals surface area contributed by atoms with E-state index in [0.717, 1.165) is 12.1 Å². The summed E-state index contributed by atoms with van der Waals surface area (Å²) in [6, 6.07) is 3.54. The van der Waals surface area contributed by atoms with E-state index in [0.29, 0.717) is 6.07 Å². The highest BCUT2D eigenvalue weighted by Crippen LogP contribution is 2.54. The second-order valence-electron chi connectivity index (χ2n) is 3.56. The molecule has 0 radical (unpaired) electrons. The molecule has 9 heteroatoms. The topological polar surface area (TPSA) is 0 Å². The fourth-order valence-electron chi connectivity index (χ4n) is 1.39. The average Bonchev–Trinajstić information content (AvgIpc) is 2.26. The van der Waals surface area contributed by atoms with Gasteiger partial charge in [0.1, 0.15) is 0 Å². The van der Waals surface area contributed by atoms with Crippen LogP contribution in [0.2, 0.25) is 0 Å². The molecule has 0 bridgehead atoms. The second-order valence-corrected chi connectivity index (χ2v) is 4.73. The summed E-state index contributed by atoms with van der Waals surface area (Å²) in [5, 5.41) is 0. The molecule has 0 nitrogen and oxygen atoms in total. The molecule has 0 saturated carbocycles. The fourth-order valence-corrected chi connectivity index (χ4v) is 2.17. The summed E-state index contributed by atoms with van der Waals surface area (Å²) in [5.41, 5.74) is -6.53. The summed E-state index contributed by atoms with van der Waals surface area (Å²) in [6.07, 6.45) is -11.0. The number of alkyl halides is 8. The molecule has 0 aliphatic carbocycles. The van der Waals surface area contributed by atoms with E-state index in [9.17, 15) is 35.1 Å². The predicted molar refractivity (Wildman–Crippen MR) is 59.0 cm³/mol. The van der Waals surface area contributed by atoms with Gasteiger partial charge in [-0.1, -0.05) is 18.2 Å². The SMILES string of the molecule is FC(F)C(F)(c1ccccc1I)C(F)(F)C(F)(F)F. The molecule has 0 amide bonds. The highest BCUT2D eigenvalue weighted by molar-refractivity contribution is 14.1. The van der Waals surface area contributed by atoms with Crippen molar-refractivity contribution in [3.63, 3.8) is 0 Å². The van der Waals surface area contributed by atoms with Crippen molar-refractivity contribution >= 4 is 22.6 Å². The quantitative estimate of drug-likeness (QED) is 0.496. The van der Waals surface area contributed by atoms with Gasteiger partial charge in [-0.25, -0.2) is 13.2 Å². The summed E-state index contributed by atoms with van der Waals surface area (Å²) in [6.45, 7) is 0. The Morgan fingerprint density at radius 1 is 0.895 bits per heavy atom. The minimum atomic E-state index is -6.43. The monoisotopic (exact) mass is 404 g/mol. The van der Waals surface area contributed by atoms with Gasteiger partial charge in [-0.3, -0.25) is 0 Å². The molecule has 0 N–H and O–H groups in total. The number of rotatable bonds is 3. The third kappa shape index (κ3) is 2.52. The Morgan fingerprint density at radius 3 is 1.74 bits per heavy atom. The van der Waals surface area contributed by atoms with Gasteiger partial charge in [-0.15, -0.1) is 0 Å². The van der Waals surface area contributed by atoms with Crippen LogP contribution < -0.4 is 0 Å². The van der Waals surface area contributed by atoms with Crippen LogP contribution in [0, 0.1) is 3.57 Å². The predicted octanol–water partition coefficient (Wildman–Crippen LogP) is 4.92. The van der Waals surface area contributed by atoms with Crippen molar-refractivity contribution in [1.82, 2.24) is 0 Å². The van der Waals surface area contributed by atoms with Gasteiger partial charge in [0, 0.05) is 9.13 Å². The molecule has 1 rings (SSSR count). The zero-order valence-corrected chi connectivity index (χ0v) is 10.9. The van der Waals surface area contributed by atoms with Crippen molar-refractivity contribution in [3.05, 3.63) is 33.4 Å². The molecule has 0 aliphatic heterocycles. The van der Waals surface area contributed by atoms with Crippen LogP contribution in [0.1, 0.15) is 5.56 Å². The Balaban J connectivity index is 3.55. The maximum Gasteiger partial charge on any atom is 0.457 e. The first-order valence-corrected chi connectivity index (χ1v) is 5.70. The molecule has 1 aromatic rings. The summed E-state index contributed by atoms with van der Waals surface area (Å²) in [4.78, 5) is 0. The Morgan fingerprint density at radius 2 is 1.37 bits per heavy atom. The molecular formula is C10H5F8I. The van der Waals surface area contributed by atoms with Crippen LogP contribution in [0.5, 0.6) is 0 Å². The van der Waals surface area contributed by atoms with E-state index in [1.165, 1.54) is 28.7 Å². The van der Waals surface area contributed by atoms with Gasteiger partial charge in [0.2, 0.25) is 0 Å². The van der Waals surface area contributed by atoms with Crippen molar-refractivity contribution in [2.24, 2.45) is 0 Å². The van der Waals surface area contributed by atoms with Gasteiger partial charge >= 0.3 is 12.1 Å². The smallest absolute Gasteiger partial charge is 0.225 e. The lowest BCUT2D eigenvalue weighted by Crippen LogP contribution is -2.56. The molecule has 1 unspecified atom stereocenters. The van der Waals surface area contributed by atoms with E-state index >= 15 is 0 Å². The van der Waals surface area contributed by atoms with Gasteiger partial charge in [0.25, 0.3) is 12.1 Å². The standard InChI is InChI=1S/C10H5F8I/c11-7(12)8(13,9(14,15)10(16,17)18)5-3-1-2-4-6(5)19/h1-4,7H. The van der Waals surface area contributed by atoms with Crippen molar-refractivity contribution in [2.75, 3.05) is 0 Å². The van der Waals surface area contributed by atoms with Crippen LogP contribution in [0.3, 0.4) is 0 Å². The lowest BCUT2D eigenvalue weighted by atomic mass is 9.89. The van der Waals surface area contributed by atoms with Gasteiger partial charge in [0.05, 0.1) is 0 Å².